The van der Waals surface area contributed by atoms with Gasteiger partial charge in [-0.15, -0.1) is 5.11 Å². The van der Waals surface area contributed by atoms with E-state index in [2.05, 4.69) is 48.1 Å². The van der Waals surface area contributed by atoms with Gasteiger partial charge in [-0.1, -0.05) is 30.3 Å². The minimum absolute atomic E-state index is 0.0897. The summed E-state index contributed by atoms with van der Waals surface area (Å²) in [4.78, 5) is 64.1. The Hall–Kier alpha value is -5.30. The lowest BCUT2D eigenvalue weighted by Gasteiger charge is -2.29. The number of ether oxygens (including phenoxy) is 1. The molecule has 1 aromatic heterocycles. The van der Waals surface area contributed by atoms with E-state index < -0.39 is 17.6 Å². The van der Waals surface area contributed by atoms with E-state index in [0.717, 1.165) is 79.6 Å². The maximum Gasteiger partial charge on any atom is 0.407 e. The SMILES string of the molecule is Cc1nc(C(=O)NC2CCN(C)CC2)ccc1-c1ccc(C[C@H](CC(=O)C2CCC(CNC(=O)OC(C)(C)C)CC2)C(=O)Nc2ccc(C3=NCN=N3)cc2)cc1. The number of anilines is 1. The van der Waals surface area contributed by atoms with E-state index >= 15 is 0 Å². The van der Waals surface area contributed by atoms with Crippen molar-refractivity contribution in [2.75, 3.05) is 38.7 Å². The predicted octanol–water partition coefficient (Wildman–Crippen LogP) is 7.14. The molecule has 13 nitrogen and oxygen atoms in total. The van der Waals surface area contributed by atoms with Gasteiger partial charge in [0.05, 0.1) is 0 Å². The number of aliphatic imine (C=N–C) groups is 1. The molecule has 57 heavy (non-hydrogen) atoms. The van der Waals surface area contributed by atoms with E-state index in [4.69, 9.17) is 4.74 Å². The molecule has 1 aliphatic carbocycles. The van der Waals surface area contributed by atoms with Gasteiger partial charge in [0.25, 0.3) is 5.91 Å². The van der Waals surface area contributed by atoms with Crippen molar-refractivity contribution in [2.45, 2.75) is 90.7 Å². The van der Waals surface area contributed by atoms with Gasteiger partial charge in [0.15, 0.2) is 12.5 Å². The van der Waals surface area contributed by atoms with Crippen LogP contribution in [0.4, 0.5) is 10.5 Å². The van der Waals surface area contributed by atoms with Crippen LogP contribution in [0.15, 0.2) is 75.9 Å². The van der Waals surface area contributed by atoms with Crippen LogP contribution in [0.25, 0.3) is 11.1 Å². The number of aromatic nitrogens is 1. The number of nitrogens with zero attached hydrogens (tertiary/aromatic N) is 5. The van der Waals surface area contributed by atoms with Crippen molar-refractivity contribution in [1.82, 2.24) is 20.5 Å². The van der Waals surface area contributed by atoms with Gasteiger partial charge in [-0.25, -0.2) is 14.8 Å². The predicted molar refractivity (Wildman–Crippen MR) is 220 cm³/mol. The van der Waals surface area contributed by atoms with Crippen molar-refractivity contribution < 1.29 is 23.9 Å². The smallest absolute Gasteiger partial charge is 0.407 e. The normalized spacial score (nSPS) is 19.4. The number of pyridine rings is 1. The highest BCUT2D eigenvalue weighted by atomic mass is 16.6. The van der Waals surface area contributed by atoms with Crippen molar-refractivity contribution in [2.24, 2.45) is 33.0 Å². The summed E-state index contributed by atoms with van der Waals surface area (Å²) in [5.41, 5.74) is 4.85. The van der Waals surface area contributed by atoms with Crippen LogP contribution in [0.5, 0.6) is 0 Å². The molecule has 2 aliphatic heterocycles. The van der Waals surface area contributed by atoms with Crippen LogP contribution in [-0.2, 0) is 20.7 Å². The largest absolute Gasteiger partial charge is 0.444 e. The third-order valence-electron chi connectivity index (χ3n) is 11.0. The number of likely N-dealkylation sites (tertiary alicyclic amines) is 1. The Kier molecular flexibility index (Phi) is 13.6. The second-order valence-electron chi connectivity index (χ2n) is 16.7. The number of amides is 3. The zero-order valence-electron chi connectivity index (χ0n) is 33.8. The van der Waals surface area contributed by atoms with Crippen LogP contribution in [0, 0.1) is 24.7 Å². The zero-order chi connectivity index (χ0) is 40.5. The Morgan fingerprint density at radius 3 is 2.19 bits per heavy atom. The van der Waals surface area contributed by atoms with Crippen LogP contribution in [0.1, 0.15) is 93.0 Å². The Morgan fingerprint density at radius 1 is 0.877 bits per heavy atom. The number of aryl methyl sites for hydroxylation is 1. The van der Waals surface area contributed by atoms with Gasteiger partial charge in [-0.05, 0) is 140 Å². The Balaban J connectivity index is 1.09. The summed E-state index contributed by atoms with van der Waals surface area (Å²) in [5, 5.41) is 17.0. The van der Waals surface area contributed by atoms with Crippen LogP contribution >= 0.6 is 0 Å². The Bertz CT molecular complexity index is 1960. The van der Waals surface area contributed by atoms with E-state index in [1.165, 1.54) is 0 Å². The van der Waals surface area contributed by atoms with Gasteiger partial charge in [0, 0.05) is 53.4 Å². The van der Waals surface area contributed by atoms with Gasteiger partial charge < -0.3 is 25.6 Å². The summed E-state index contributed by atoms with van der Waals surface area (Å²) in [6, 6.07) is 19.2. The second-order valence-corrected chi connectivity index (χ2v) is 16.7. The van der Waals surface area contributed by atoms with Crippen LogP contribution in [0.3, 0.4) is 0 Å². The summed E-state index contributed by atoms with van der Waals surface area (Å²) in [5.74, 6) is -0.170. The first kappa shape index (κ1) is 41.3. The van der Waals surface area contributed by atoms with E-state index in [1.54, 1.807) is 6.07 Å². The fourth-order valence-corrected chi connectivity index (χ4v) is 7.73. The number of amidine groups is 1. The molecule has 6 rings (SSSR count). The average molecular weight is 777 g/mol. The summed E-state index contributed by atoms with van der Waals surface area (Å²) >= 11 is 0. The molecule has 0 radical (unpaired) electrons. The number of carbonyl (C=O) groups excluding carboxylic acids is 4. The standard InChI is InChI=1S/C44H56N8O5/c1-28-37(18-19-38(48-28)42(55)50-36-20-22-52(5)23-21-36)31-10-6-29(7-11-31)24-34(41(54)49-35-16-14-33(15-17-35)40-46-27-47-51-40)25-39(53)32-12-8-30(9-13-32)26-45-43(56)57-44(2,3)4/h6-7,10-11,14-19,30,32,34,36H,8-9,12-13,20-27H2,1-5H3,(H,45,56)(H,49,54)(H,50,55)/t30?,32?,34-/m1/s1. The Morgan fingerprint density at radius 2 is 1.56 bits per heavy atom. The molecule has 1 saturated heterocycles. The Labute approximate surface area is 335 Å². The number of Topliss-reactive ketones (excluding diaryl/α,β-unsaturated/α-hetero) is 1. The maximum atomic E-state index is 13.9. The van der Waals surface area contributed by atoms with Gasteiger partial charge in [0.1, 0.15) is 17.1 Å². The third kappa shape index (κ3) is 11.9. The fraction of sp³-hybridized carbons (Fsp3) is 0.500. The molecular formula is C44H56N8O5. The number of hydrogen-bond donors (Lipinski definition) is 3. The lowest BCUT2D eigenvalue weighted by molar-refractivity contribution is -0.129. The highest BCUT2D eigenvalue weighted by Crippen LogP contribution is 2.32. The van der Waals surface area contributed by atoms with Crippen LogP contribution < -0.4 is 16.0 Å². The molecule has 1 saturated carbocycles. The van der Waals surface area contributed by atoms with Crippen molar-refractivity contribution in [3.63, 3.8) is 0 Å². The van der Waals surface area contributed by atoms with Crippen molar-refractivity contribution >= 4 is 35.2 Å². The first-order valence-corrected chi connectivity index (χ1v) is 20.2. The summed E-state index contributed by atoms with van der Waals surface area (Å²) in [7, 11) is 2.10. The van der Waals surface area contributed by atoms with E-state index in [1.807, 2.05) is 82.3 Å². The maximum absolute atomic E-state index is 13.9. The van der Waals surface area contributed by atoms with Crippen molar-refractivity contribution in [1.29, 1.82) is 0 Å². The van der Waals surface area contributed by atoms with E-state index in [-0.39, 0.29) is 41.9 Å². The molecule has 3 heterocycles. The highest BCUT2D eigenvalue weighted by Gasteiger charge is 2.31. The van der Waals surface area contributed by atoms with Gasteiger partial charge in [-0.2, -0.15) is 5.11 Å². The average Bonchev–Trinajstić information content (AvgIpc) is 3.73. The number of ketones is 1. The monoisotopic (exact) mass is 776 g/mol. The van der Waals surface area contributed by atoms with Gasteiger partial charge >= 0.3 is 6.09 Å². The zero-order valence-corrected chi connectivity index (χ0v) is 33.8. The van der Waals surface area contributed by atoms with Crippen LogP contribution in [0.2, 0.25) is 0 Å². The number of rotatable bonds is 13. The second kappa shape index (κ2) is 18.8. The highest BCUT2D eigenvalue weighted by molar-refractivity contribution is 6.01. The summed E-state index contributed by atoms with van der Waals surface area (Å²) in [6.45, 7) is 10.2. The third-order valence-corrected chi connectivity index (χ3v) is 11.0. The number of piperidine rings is 1. The van der Waals surface area contributed by atoms with Crippen molar-refractivity contribution in [3.8, 4) is 11.1 Å². The first-order valence-electron chi connectivity index (χ1n) is 20.2. The van der Waals surface area contributed by atoms with Gasteiger partial charge in [0.2, 0.25) is 5.91 Å². The lowest BCUT2D eigenvalue weighted by Crippen LogP contribution is -2.43. The molecule has 1 atom stereocenters. The van der Waals surface area contributed by atoms with Crippen LogP contribution in [-0.4, -0.2) is 84.4 Å². The number of alkyl carbamates (subject to hydrolysis) is 1. The lowest BCUT2D eigenvalue weighted by atomic mass is 9.77. The number of benzene rings is 2. The molecule has 2 aromatic carbocycles. The molecule has 2 fully saturated rings. The summed E-state index contributed by atoms with van der Waals surface area (Å²) < 4.78 is 5.37. The number of azo groups is 1. The van der Waals surface area contributed by atoms with E-state index in [9.17, 15) is 19.2 Å². The minimum Gasteiger partial charge on any atom is -0.444 e. The molecule has 3 amide bonds. The molecule has 0 bridgehead atoms. The number of carbonyl (C=O) groups is 4. The number of nitrogens with one attached hydrogen (secondary N) is 3. The topological polar surface area (TPSA) is 167 Å². The van der Waals surface area contributed by atoms with E-state index in [0.29, 0.717) is 36.9 Å². The molecule has 3 aromatic rings. The van der Waals surface area contributed by atoms with Gasteiger partial charge in [-0.3, -0.25) is 14.4 Å². The molecule has 0 unspecified atom stereocenters. The van der Waals surface area contributed by atoms with Crippen molar-refractivity contribution in [3.05, 3.63) is 83.2 Å². The molecule has 13 heteroatoms. The molecular weight excluding hydrogens is 721 g/mol. The fourth-order valence-electron chi connectivity index (χ4n) is 7.73. The molecule has 3 N–H and O–H groups in total. The molecule has 3 aliphatic rings. The summed E-state index contributed by atoms with van der Waals surface area (Å²) in [6.07, 6.45) is 5.01. The molecule has 302 valence electrons. The first-order chi connectivity index (χ1) is 27.3. The quantitative estimate of drug-likeness (QED) is 0.166. The molecule has 0 spiro atoms. The number of hydrogen-bond acceptors (Lipinski definition) is 10. The minimum atomic E-state index is -0.589.